The van der Waals surface area contributed by atoms with Crippen molar-refractivity contribution in [2.75, 3.05) is 6.61 Å². The SMILES string of the molecule is CC(C)(C)c1ccc2c(c1)OC(c1cc3c(c(C(C)(C)C)c1)OCC3)C2. The standard InChI is InChI=1S/C24H30O2/c1-23(2,3)18-8-7-15-13-20(26-21(15)14-18)17-11-16-9-10-25-22(16)19(12-17)24(4,5)6/h7-8,11-12,14,20H,9-10,13H2,1-6H3. The third-order valence-corrected chi connectivity index (χ3v) is 5.59. The van der Waals surface area contributed by atoms with E-state index >= 15 is 0 Å². The van der Waals surface area contributed by atoms with E-state index in [0.29, 0.717) is 0 Å². The van der Waals surface area contributed by atoms with Gasteiger partial charge in [-0.2, -0.15) is 0 Å². The Balaban J connectivity index is 1.69. The highest BCUT2D eigenvalue weighted by Crippen LogP contribution is 2.44. The Morgan fingerprint density at radius 1 is 0.885 bits per heavy atom. The maximum absolute atomic E-state index is 6.42. The number of ether oxygens (including phenoxy) is 2. The summed E-state index contributed by atoms with van der Waals surface area (Å²) in [4.78, 5) is 0. The van der Waals surface area contributed by atoms with Gasteiger partial charge in [-0.1, -0.05) is 53.7 Å². The summed E-state index contributed by atoms with van der Waals surface area (Å²) in [5.41, 5.74) is 6.77. The van der Waals surface area contributed by atoms with E-state index in [2.05, 4.69) is 71.9 Å². The average molecular weight is 351 g/mol. The molecule has 0 N–H and O–H groups in total. The van der Waals surface area contributed by atoms with E-state index in [1.807, 2.05) is 0 Å². The van der Waals surface area contributed by atoms with E-state index in [1.54, 1.807) is 0 Å². The molecule has 2 heterocycles. The fraction of sp³-hybridized carbons (Fsp3) is 0.500. The predicted molar refractivity (Wildman–Crippen MR) is 107 cm³/mol. The minimum Gasteiger partial charge on any atom is -0.493 e. The summed E-state index contributed by atoms with van der Waals surface area (Å²) < 4.78 is 12.4. The zero-order valence-electron chi connectivity index (χ0n) is 16.9. The highest BCUT2D eigenvalue weighted by molar-refractivity contribution is 5.52. The molecule has 26 heavy (non-hydrogen) atoms. The van der Waals surface area contributed by atoms with E-state index in [4.69, 9.17) is 9.47 Å². The van der Waals surface area contributed by atoms with Gasteiger partial charge in [-0.3, -0.25) is 0 Å². The van der Waals surface area contributed by atoms with Crippen LogP contribution in [-0.4, -0.2) is 6.61 Å². The van der Waals surface area contributed by atoms with Gasteiger partial charge >= 0.3 is 0 Å². The summed E-state index contributed by atoms with van der Waals surface area (Å²) in [6.07, 6.45) is 2.05. The Bertz CT molecular complexity index is 850. The maximum atomic E-state index is 6.42. The number of benzene rings is 2. The Hall–Kier alpha value is -1.96. The van der Waals surface area contributed by atoms with Gasteiger partial charge in [0, 0.05) is 18.4 Å². The molecule has 138 valence electrons. The van der Waals surface area contributed by atoms with Crippen LogP contribution in [0.4, 0.5) is 0 Å². The van der Waals surface area contributed by atoms with Crippen molar-refractivity contribution in [1.29, 1.82) is 0 Å². The summed E-state index contributed by atoms with van der Waals surface area (Å²) in [6, 6.07) is 11.3. The molecule has 0 amide bonds. The number of hydrogen-bond acceptors (Lipinski definition) is 2. The quantitative estimate of drug-likeness (QED) is 0.638. The average Bonchev–Trinajstić information content (AvgIpc) is 3.17. The van der Waals surface area contributed by atoms with E-state index in [-0.39, 0.29) is 16.9 Å². The second kappa shape index (κ2) is 5.77. The molecule has 1 unspecified atom stereocenters. The molecule has 2 aliphatic rings. The monoisotopic (exact) mass is 350 g/mol. The van der Waals surface area contributed by atoms with Crippen LogP contribution in [-0.2, 0) is 23.7 Å². The summed E-state index contributed by atoms with van der Waals surface area (Å²) in [5, 5.41) is 0. The van der Waals surface area contributed by atoms with Crippen molar-refractivity contribution in [2.24, 2.45) is 0 Å². The second-order valence-corrected chi connectivity index (χ2v) is 9.79. The highest BCUT2D eigenvalue weighted by Gasteiger charge is 2.31. The molecule has 0 fully saturated rings. The third kappa shape index (κ3) is 3.00. The molecule has 0 spiro atoms. The maximum Gasteiger partial charge on any atom is 0.128 e. The Kier molecular flexibility index (Phi) is 3.87. The first-order valence-corrected chi connectivity index (χ1v) is 9.73. The number of hydrogen-bond donors (Lipinski definition) is 0. The van der Waals surface area contributed by atoms with Gasteiger partial charge in [0.1, 0.15) is 17.6 Å². The minimum absolute atomic E-state index is 0.0648. The molecule has 0 saturated heterocycles. The number of fused-ring (bicyclic) bond motifs is 2. The fourth-order valence-electron chi connectivity index (χ4n) is 3.96. The molecule has 2 aromatic rings. The molecule has 0 bridgehead atoms. The molecule has 2 heteroatoms. The topological polar surface area (TPSA) is 18.5 Å². The fourth-order valence-corrected chi connectivity index (χ4v) is 3.96. The summed E-state index contributed by atoms with van der Waals surface area (Å²) in [6.45, 7) is 14.3. The first-order valence-electron chi connectivity index (χ1n) is 9.73. The van der Waals surface area contributed by atoms with Crippen LogP contribution in [0.2, 0.25) is 0 Å². The highest BCUT2D eigenvalue weighted by atomic mass is 16.5. The van der Waals surface area contributed by atoms with Gasteiger partial charge in [0.15, 0.2) is 0 Å². The van der Waals surface area contributed by atoms with Crippen LogP contribution < -0.4 is 9.47 Å². The van der Waals surface area contributed by atoms with Crippen molar-refractivity contribution in [3.63, 3.8) is 0 Å². The molecular formula is C24H30O2. The van der Waals surface area contributed by atoms with Gasteiger partial charge in [0.2, 0.25) is 0 Å². The predicted octanol–water partition coefficient (Wildman–Crippen LogP) is 5.89. The molecule has 4 rings (SSSR count). The van der Waals surface area contributed by atoms with Crippen LogP contribution in [0.3, 0.4) is 0 Å². The third-order valence-electron chi connectivity index (χ3n) is 5.59. The second-order valence-electron chi connectivity index (χ2n) is 9.79. The first-order chi connectivity index (χ1) is 12.1. The Morgan fingerprint density at radius 2 is 1.65 bits per heavy atom. The normalized spacial score (nSPS) is 18.9. The molecule has 2 aromatic carbocycles. The van der Waals surface area contributed by atoms with Crippen molar-refractivity contribution < 1.29 is 9.47 Å². The molecule has 0 radical (unpaired) electrons. The van der Waals surface area contributed by atoms with Crippen LogP contribution in [0.15, 0.2) is 30.3 Å². The van der Waals surface area contributed by atoms with Crippen LogP contribution in [0.5, 0.6) is 11.5 Å². The lowest BCUT2D eigenvalue weighted by atomic mass is 9.83. The smallest absolute Gasteiger partial charge is 0.128 e. The number of rotatable bonds is 1. The van der Waals surface area contributed by atoms with Crippen molar-refractivity contribution in [3.05, 3.63) is 58.1 Å². The van der Waals surface area contributed by atoms with Gasteiger partial charge < -0.3 is 9.47 Å². The van der Waals surface area contributed by atoms with E-state index < -0.39 is 0 Å². The van der Waals surface area contributed by atoms with Crippen molar-refractivity contribution >= 4 is 0 Å². The van der Waals surface area contributed by atoms with Gasteiger partial charge in [0.25, 0.3) is 0 Å². The van der Waals surface area contributed by atoms with Crippen molar-refractivity contribution in [1.82, 2.24) is 0 Å². The molecule has 2 aliphatic heterocycles. The Morgan fingerprint density at radius 3 is 2.35 bits per heavy atom. The molecule has 0 aromatic heterocycles. The summed E-state index contributed by atoms with van der Waals surface area (Å²) >= 11 is 0. The van der Waals surface area contributed by atoms with Crippen LogP contribution >= 0.6 is 0 Å². The van der Waals surface area contributed by atoms with E-state index in [0.717, 1.165) is 30.9 Å². The van der Waals surface area contributed by atoms with Crippen molar-refractivity contribution in [3.8, 4) is 11.5 Å². The van der Waals surface area contributed by atoms with E-state index in [1.165, 1.54) is 27.8 Å². The molecular weight excluding hydrogens is 320 g/mol. The van der Waals surface area contributed by atoms with Crippen LogP contribution in [0.1, 0.15) is 75.5 Å². The van der Waals surface area contributed by atoms with Gasteiger partial charge in [-0.05, 0) is 51.3 Å². The zero-order chi connectivity index (χ0) is 18.7. The lowest BCUT2D eigenvalue weighted by Crippen LogP contribution is -2.14. The Labute approximate surface area is 157 Å². The van der Waals surface area contributed by atoms with Crippen molar-refractivity contribution in [2.45, 2.75) is 71.3 Å². The minimum atomic E-state index is 0.0648. The van der Waals surface area contributed by atoms with Gasteiger partial charge in [-0.15, -0.1) is 0 Å². The largest absolute Gasteiger partial charge is 0.493 e. The first kappa shape index (κ1) is 17.5. The lowest BCUT2D eigenvalue weighted by molar-refractivity contribution is 0.238. The molecule has 2 nitrogen and oxygen atoms in total. The van der Waals surface area contributed by atoms with Gasteiger partial charge in [0.05, 0.1) is 6.61 Å². The lowest BCUT2D eigenvalue weighted by Gasteiger charge is -2.24. The molecule has 1 atom stereocenters. The van der Waals surface area contributed by atoms with E-state index in [9.17, 15) is 0 Å². The summed E-state index contributed by atoms with van der Waals surface area (Å²) in [5.74, 6) is 2.16. The zero-order valence-corrected chi connectivity index (χ0v) is 16.9. The van der Waals surface area contributed by atoms with Crippen LogP contribution in [0.25, 0.3) is 0 Å². The molecule has 0 saturated carbocycles. The van der Waals surface area contributed by atoms with Crippen LogP contribution in [0, 0.1) is 0 Å². The summed E-state index contributed by atoms with van der Waals surface area (Å²) in [7, 11) is 0. The molecule has 0 aliphatic carbocycles. The van der Waals surface area contributed by atoms with Gasteiger partial charge in [-0.25, -0.2) is 0 Å².